The summed E-state index contributed by atoms with van der Waals surface area (Å²) in [7, 11) is -3.92. The second-order valence-corrected chi connectivity index (χ2v) is 9.92. The summed E-state index contributed by atoms with van der Waals surface area (Å²) in [6.07, 6.45) is -0.995. The topological polar surface area (TPSA) is 75.7 Å². The number of fused-ring (bicyclic) bond motifs is 1. The van der Waals surface area contributed by atoms with Crippen LogP contribution in [0.15, 0.2) is 83.8 Å². The molecule has 2 atom stereocenters. The van der Waals surface area contributed by atoms with Crippen LogP contribution in [0.3, 0.4) is 0 Å². The van der Waals surface area contributed by atoms with Gasteiger partial charge in [0.15, 0.2) is 6.10 Å². The van der Waals surface area contributed by atoms with E-state index in [2.05, 4.69) is 5.32 Å². The Morgan fingerprint density at radius 1 is 1.09 bits per heavy atom. The van der Waals surface area contributed by atoms with E-state index in [0.717, 1.165) is 5.56 Å². The highest BCUT2D eigenvalue weighted by Crippen LogP contribution is 2.38. The summed E-state index contributed by atoms with van der Waals surface area (Å²) >= 11 is 6.12. The van der Waals surface area contributed by atoms with Gasteiger partial charge in [0.05, 0.1) is 17.1 Å². The highest BCUT2D eigenvalue weighted by Gasteiger charge is 2.37. The lowest BCUT2D eigenvalue weighted by Crippen LogP contribution is -2.51. The third-order valence-electron chi connectivity index (χ3n) is 5.37. The Labute approximate surface area is 192 Å². The minimum Gasteiger partial charge on any atom is -0.476 e. The van der Waals surface area contributed by atoms with Gasteiger partial charge in [-0.15, -0.1) is 0 Å². The van der Waals surface area contributed by atoms with Crippen LogP contribution < -0.4 is 14.4 Å². The predicted octanol–water partition coefficient (Wildman–Crippen LogP) is 4.22. The Morgan fingerprint density at radius 2 is 1.75 bits per heavy atom. The molecule has 0 bridgehead atoms. The van der Waals surface area contributed by atoms with Crippen molar-refractivity contribution in [2.45, 2.75) is 23.8 Å². The molecule has 0 fully saturated rings. The zero-order valence-electron chi connectivity index (χ0n) is 17.4. The molecule has 1 aliphatic heterocycles. The van der Waals surface area contributed by atoms with Crippen molar-refractivity contribution in [3.05, 3.63) is 89.4 Å². The number of sulfonamides is 1. The van der Waals surface area contributed by atoms with E-state index in [1.165, 1.54) is 22.5 Å². The lowest BCUT2D eigenvalue weighted by molar-refractivity contribution is -0.127. The Bertz CT molecular complexity index is 1200. The number of anilines is 1. The average Bonchev–Trinajstić information content (AvgIpc) is 2.82. The minimum absolute atomic E-state index is 0.0963. The van der Waals surface area contributed by atoms with E-state index >= 15 is 0 Å². The lowest BCUT2D eigenvalue weighted by atomic mass is 10.0. The maximum atomic E-state index is 13.4. The molecule has 0 radical (unpaired) electrons. The molecule has 4 rings (SSSR count). The second-order valence-electron chi connectivity index (χ2n) is 7.62. The molecule has 0 unspecified atom stereocenters. The van der Waals surface area contributed by atoms with Crippen LogP contribution >= 0.6 is 11.6 Å². The third-order valence-corrected chi connectivity index (χ3v) is 7.39. The van der Waals surface area contributed by atoms with Crippen LogP contribution in [0.2, 0.25) is 5.02 Å². The first kappa shape index (κ1) is 22.2. The van der Waals surface area contributed by atoms with Gasteiger partial charge in [0.25, 0.3) is 15.9 Å². The first-order valence-electron chi connectivity index (χ1n) is 10.2. The molecule has 1 amide bonds. The second kappa shape index (κ2) is 9.22. The number of rotatable bonds is 6. The molecule has 32 heavy (non-hydrogen) atoms. The molecule has 166 valence electrons. The van der Waals surface area contributed by atoms with Gasteiger partial charge in [-0.3, -0.25) is 9.10 Å². The Hall–Kier alpha value is -3.03. The quantitative estimate of drug-likeness (QED) is 0.585. The van der Waals surface area contributed by atoms with Crippen LogP contribution in [0.1, 0.15) is 18.4 Å². The van der Waals surface area contributed by atoms with Crippen molar-refractivity contribution in [1.29, 1.82) is 0 Å². The molecule has 0 saturated heterocycles. The van der Waals surface area contributed by atoms with Crippen LogP contribution in [0, 0.1) is 0 Å². The lowest BCUT2D eigenvalue weighted by Gasteiger charge is -2.35. The highest BCUT2D eigenvalue weighted by molar-refractivity contribution is 7.92. The maximum Gasteiger partial charge on any atom is 0.264 e. The standard InChI is InChI=1S/C24H23ClN2O4S/c1-17(18-8-4-2-5-9-18)15-26-24(28)23-16-27(21-14-19(25)12-13-22(21)31-23)32(29,30)20-10-6-3-7-11-20/h2-14,17,23H,15-16H2,1H3,(H,26,28)/t17-,23+/m0/s1. The first-order valence-corrected chi connectivity index (χ1v) is 12.0. The number of carbonyl (C=O) groups excluding carboxylic acids is 1. The average molecular weight is 471 g/mol. The molecule has 0 saturated carbocycles. The van der Waals surface area contributed by atoms with Gasteiger partial charge in [-0.2, -0.15) is 0 Å². The van der Waals surface area contributed by atoms with Gasteiger partial charge < -0.3 is 10.1 Å². The predicted molar refractivity (Wildman–Crippen MR) is 125 cm³/mol. The summed E-state index contributed by atoms with van der Waals surface area (Å²) in [5, 5.41) is 3.27. The van der Waals surface area contributed by atoms with Crippen LogP contribution in [0.4, 0.5) is 5.69 Å². The monoisotopic (exact) mass is 470 g/mol. The van der Waals surface area contributed by atoms with E-state index in [0.29, 0.717) is 17.3 Å². The summed E-state index contributed by atoms with van der Waals surface area (Å²) in [5.74, 6) is 0.0112. The van der Waals surface area contributed by atoms with Gasteiger partial charge in [-0.25, -0.2) is 8.42 Å². The van der Waals surface area contributed by atoms with Crippen LogP contribution in [-0.2, 0) is 14.8 Å². The van der Waals surface area contributed by atoms with Gasteiger partial charge in [0, 0.05) is 11.6 Å². The summed E-state index contributed by atoms with van der Waals surface area (Å²) in [4.78, 5) is 13.1. The summed E-state index contributed by atoms with van der Waals surface area (Å²) in [6.45, 7) is 2.26. The van der Waals surface area contributed by atoms with Crippen molar-refractivity contribution in [3.8, 4) is 5.75 Å². The fourth-order valence-corrected chi connectivity index (χ4v) is 5.23. The number of hydrogen-bond acceptors (Lipinski definition) is 4. The number of hydrogen-bond donors (Lipinski definition) is 1. The van der Waals surface area contributed by atoms with E-state index in [9.17, 15) is 13.2 Å². The smallest absolute Gasteiger partial charge is 0.264 e. The van der Waals surface area contributed by atoms with Crippen LogP contribution in [0.25, 0.3) is 0 Å². The molecule has 1 N–H and O–H groups in total. The first-order chi connectivity index (χ1) is 15.4. The van der Waals surface area contributed by atoms with Crippen molar-refractivity contribution >= 4 is 33.2 Å². The fraction of sp³-hybridized carbons (Fsp3) is 0.208. The van der Waals surface area contributed by atoms with Gasteiger partial charge >= 0.3 is 0 Å². The third kappa shape index (κ3) is 4.59. The van der Waals surface area contributed by atoms with E-state index in [4.69, 9.17) is 16.3 Å². The summed E-state index contributed by atoms with van der Waals surface area (Å²) in [5.41, 5.74) is 1.41. The van der Waals surface area contributed by atoms with E-state index in [1.807, 2.05) is 37.3 Å². The van der Waals surface area contributed by atoms with E-state index in [1.54, 1.807) is 30.3 Å². The Balaban J connectivity index is 1.57. The van der Waals surface area contributed by atoms with Gasteiger partial charge in [-0.05, 0) is 41.8 Å². The molecule has 1 aliphatic rings. The van der Waals surface area contributed by atoms with Crippen molar-refractivity contribution in [3.63, 3.8) is 0 Å². The summed E-state index contributed by atoms with van der Waals surface area (Å²) in [6, 6.07) is 22.7. The largest absolute Gasteiger partial charge is 0.476 e. The molecule has 3 aromatic carbocycles. The normalized spacial score (nSPS) is 16.6. The number of nitrogens with one attached hydrogen (secondary N) is 1. The molecule has 0 aromatic heterocycles. The van der Waals surface area contributed by atoms with Crippen molar-refractivity contribution < 1.29 is 17.9 Å². The zero-order valence-corrected chi connectivity index (χ0v) is 19.0. The number of benzene rings is 3. The molecular weight excluding hydrogens is 448 g/mol. The van der Waals surface area contributed by atoms with Gasteiger partial charge in [0.1, 0.15) is 5.75 Å². The fourth-order valence-electron chi connectivity index (χ4n) is 3.58. The number of nitrogens with zero attached hydrogens (tertiary/aromatic N) is 1. The van der Waals surface area contributed by atoms with Gasteiger partial charge in [0.2, 0.25) is 0 Å². The Kier molecular flexibility index (Phi) is 6.39. The van der Waals surface area contributed by atoms with Crippen molar-refractivity contribution in [1.82, 2.24) is 5.32 Å². The summed E-state index contributed by atoms with van der Waals surface area (Å²) < 4.78 is 33.8. The Morgan fingerprint density at radius 3 is 2.44 bits per heavy atom. The van der Waals surface area contributed by atoms with E-state index < -0.39 is 16.1 Å². The molecule has 0 aliphatic carbocycles. The zero-order chi connectivity index (χ0) is 22.7. The molecule has 8 heteroatoms. The molecular formula is C24H23ClN2O4S. The maximum absolute atomic E-state index is 13.4. The highest BCUT2D eigenvalue weighted by atomic mass is 35.5. The molecule has 0 spiro atoms. The van der Waals surface area contributed by atoms with Crippen molar-refractivity contribution in [2.24, 2.45) is 0 Å². The SMILES string of the molecule is C[C@@H](CNC(=O)[C@H]1CN(S(=O)(=O)c2ccccc2)c2cc(Cl)ccc2O1)c1ccccc1. The van der Waals surface area contributed by atoms with Gasteiger partial charge in [-0.1, -0.05) is 67.1 Å². The number of ether oxygens (including phenoxy) is 1. The molecule has 3 aromatic rings. The van der Waals surface area contributed by atoms with E-state index in [-0.39, 0.29) is 29.0 Å². The number of amides is 1. The van der Waals surface area contributed by atoms with Crippen LogP contribution in [0.5, 0.6) is 5.75 Å². The van der Waals surface area contributed by atoms with Crippen LogP contribution in [-0.4, -0.2) is 33.5 Å². The number of carbonyl (C=O) groups is 1. The molecule has 1 heterocycles. The van der Waals surface area contributed by atoms with Crippen molar-refractivity contribution in [2.75, 3.05) is 17.4 Å². The minimum atomic E-state index is -3.92. The molecule has 6 nitrogen and oxygen atoms in total. The number of halogens is 1.